The topological polar surface area (TPSA) is 67.8 Å². The number of nitrogens with one attached hydrogen (secondary N) is 2. The summed E-state index contributed by atoms with van der Waals surface area (Å²) in [7, 11) is 0. The van der Waals surface area contributed by atoms with Gasteiger partial charge in [-0.1, -0.05) is 15.9 Å². The van der Waals surface area contributed by atoms with Crippen molar-refractivity contribution in [2.24, 2.45) is 0 Å². The van der Waals surface area contributed by atoms with E-state index in [2.05, 4.69) is 15.9 Å². The minimum Gasteiger partial charge on any atom is -0.491 e. The van der Waals surface area contributed by atoms with Crippen LogP contribution >= 0.6 is 15.9 Å². The monoisotopic (exact) mass is 404 g/mol. The number of quaternary nitrogens is 2. The van der Waals surface area contributed by atoms with Crippen LogP contribution in [0.1, 0.15) is 0 Å². The fraction of sp³-hybridized carbons (Fsp3) is 0.647. The molecule has 7 heteroatoms. The molecule has 0 aromatic heterocycles. The van der Waals surface area contributed by atoms with Crippen molar-refractivity contribution < 1.29 is 29.5 Å². The van der Waals surface area contributed by atoms with Crippen molar-refractivity contribution in [3.05, 3.63) is 28.7 Å². The van der Waals surface area contributed by atoms with Gasteiger partial charge < -0.3 is 29.5 Å². The van der Waals surface area contributed by atoms with Gasteiger partial charge in [-0.05, 0) is 24.3 Å². The molecule has 1 aromatic carbocycles. The minimum absolute atomic E-state index is 0.253. The van der Waals surface area contributed by atoms with Crippen LogP contribution in [0.5, 0.6) is 5.75 Å². The molecule has 0 unspecified atom stereocenters. The Kier molecular flexibility index (Phi) is 9.01. The summed E-state index contributed by atoms with van der Waals surface area (Å²) in [5, 5.41) is 19.0. The van der Waals surface area contributed by atoms with E-state index in [1.807, 2.05) is 24.3 Å². The summed E-state index contributed by atoms with van der Waals surface area (Å²) in [6.07, 6.45) is -0.438. The Labute approximate surface area is 152 Å². The first kappa shape index (κ1) is 19.6. The Hall–Kier alpha value is -0.700. The van der Waals surface area contributed by atoms with Gasteiger partial charge in [-0.15, -0.1) is 0 Å². The Bertz CT molecular complexity index is 452. The van der Waals surface area contributed by atoms with Crippen molar-refractivity contribution in [1.82, 2.24) is 0 Å². The third kappa shape index (κ3) is 7.46. The molecular formula is C17H29BrN2O4+2. The number of aliphatic hydroxyl groups is 2. The number of benzene rings is 1. The van der Waals surface area contributed by atoms with E-state index in [1.54, 1.807) is 0 Å². The van der Waals surface area contributed by atoms with Gasteiger partial charge in [0.1, 0.15) is 57.7 Å². The molecule has 1 atom stereocenters. The average molecular weight is 405 g/mol. The molecule has 1 heterocycles. The molecule has 136 valence electrons. The van der Waals surface area contributed by atoms with Crippen molar-refractivity contribution in [3.8, 4) is 5.75 Å². The summed E-state index contributed by atoms with van der Waals surface area (Å²) in [4.78, 5) is 2.87. The van der Waals surface area contributed by atoms with Crippen LogP contribution in [0.3, 0.4) is 0 Å². The zero-order valence-corrected chi connectivity index (χ0v) is 15.6. The van der Waals surface area contributed by atoms with Crippen LogP contribution in [0.4, 0.5) is 0 Å². The maximum Gasteiger partial charge on any atom is 0.127 e. The molecule has 1 aromatic rings. The highest BCUT2D eigenvalue weighted by molar-refractivity contribution is 9.10. The van der Waals surface area contributed by atoms with Gasteiger partial charge in [-0.2, -0.15) is 0 Å². The van der Waals surface area contributed by atoms with Gasteiger partial charge in [0.05, 0.1) is 19.8 Å². The van der Waals surface area contributed by atoms with E-state index in [0.29, 0.717) is 19.8 Å². The van der Waals surface area contributed by atoms with Gasteiger partial charge in [0.15, 0.2) is 0 Å². The first-order chi connectivity index (χ1) is 11.7. The summed E-state index contributed by atoms with van der Waals surface area (Å²) in [5.74, 6) is 0.815. The zero-order valence-electron chi connectivity index (χ0n) is 14.0. The summed E-state index contributed by atoms with van der Waals surface area (Å²) in [6.45, 7) is 7.30. The number of ether oxygens (including phenoxy) is 2. The van der Waals surface area contributed by atoms with Crippen molar-refractivity contribution in [1.29, 1.82) is 0 Å². The Morgan fingerprint density at radius 3 is 2.38 bits per heavy atom. The lowest BCUT2D eigenvalue weighted by Gasteiger charge is -2.30. The van der Waals surface area contributed by atoms with Gasteiger partial charge in [0.2, 0.25) is 0 Å². The van der Waals surface area contributed by atoms with E-state index in [-0.39, 0.29) is 6.61 Å². The van der Waals surface area contributed by atoms with Crippen molar-refractivity contribution in [2.75, 3.05) is 65.7 Å². The van der Waals surface area contributed by atoms with Gasteiger partial charge in [-0.3, -0.25) is 0 Å². The highest BCUT2D eigenvalue weighted by atomic mass is 79.9. The van der Waals surface area contributed by atoms with E-state index in [1.165, 1.54) is 9.80 Å². The van der Waals surface area contributed by atoms with Crippen molar-refractivity contribution in [3.63, 3.8) is 0 Å². The molecule has 1 saturated heterocycles. The largest absolute Gasteiger partial charge is 0.491 e. The molecule has 0 bridgehead atoms. The van der Waals surface area contributed by atoms with E-state index in [9.17, 15) is 5.11 Å². The van der Waals surface area contributed by atoms with Gasteiger partial charge in [0, 0.05) is 4.47 Å². The molecule has 1 aliphatic rings. The molecule has 6 nitrogen and oxygen atoms in total. The maximum absolute atomic E-state index is 10.1. The fourth-order valence-corrected chi connectivity index (χ4v) is 3.19. The lowest BCUT2D eigenvalue weighted by Crippen LogP contribution is -3.28. The molecule has 4 N–H and O–H groups in total. The summed E-state index contributed by atoms with van der Waals surface area (Å²) >= 11 is 3.38. The quantitative estimate of drug-likeness (QED) is 0.340. The summed E-state index contributed by atoms with van der Waals surface area (Å²) in [6, 6.07) is 7.68. The molecule has 0 aliphatic carbocycles. The standard InChI is InChI=1S/C17H27BrN2O4/c18-15-1-3-17(4-2-15)24-12-11-23-14-16(22)13-20-7-5-19(6-8-20)9-10-21/h1-4,16,21-22H,5-14H2/p+2/t16-/m0/s1. The number of hydrogen-bond donors (Lipinski definition) is 4. The van der Waals surface area contributed by atoms with Crippen LogP contribution in [-0.2, 0) is 4.74 Å². The third-order valence-electron chi connectivity index (χ3n) is 4.27. The highest BCUT2D eigenvalue weighted by Crippen LogP contribution is 2.15. The van der Waals surface area contributed by atoms with Crippen molar-refractivity contribution >= 4 is 15.9 Å². The second-order valence-corrected chi connectivity index (χ2v) is 7.12. The number of rotatable bonds is 10. The molecule has 24 heavy (non-hydrogen) atoms. The third-order valence-corrected chi connectivity index (χ3v) is 4.80. The number of aliphatic hydroxyl groups excluding tert-OH is 2. The lowest BCUT2D eigenvalue weighted by atomic mass is 10.2. The molecule has 0 radical (unpaired) electrons. The zero-order chi connectivity index (χ0) is 17.2. The molecule has 0 saturated carbocycles. The number of hydrogen-bond acceptors (Lipinski definition) is 4. The molecule has 0 amide bonds. The summed E-state index contributed by atoms with van der Waals surface area (Å²) in [5.41, 5.74) is 0. The Balaban J connectivity index is 1.51. The van der Waals surface area contributed by atoms with Gasteiger partial charge in [-0.25, -0.2) is 0 Å². The number of piperazine rings is 1. The van der Waals surface area contributed by atoms with Gasteiger partial charge in [0.25, 0.3) is 0 Å². The molecular weight excluding hydrogens is 376 g/mol. The van der Waals surface area contributed by atoms with Crippen molar-refractivity contribution in [2.45, 2.75) is 6.10 Å². The Morgan fingerprint density at radius 1 is 1.04 bits per heavy atom. The van der Waals surface area contributed by atoms with Crippen LogP contribution < -0.4 is 14.5 Å². The second-order valence-electron chi connectivity index (χ2n) is 6.21. The predicted molar refractivity (Wildman–Crippen MR) is 94.7 cm³/mol. The van der Waals surface area contributed by atoms with Crippen LogP contribution in [0.2, 0.25) is 0 Å². The lowest BCUT2D eigenvalue weighted by molar-refractivity contribution is -1.01. The normalized spacial score (nSPS) is 22.3. The predicted octanol–water partition coefficient (Wildman–Crippen LogP) is -2.02. The molecule has 0 spiro atoms. The van der Waals surface area contributed by atoms with Crippen LogP contribution in [0.25, 0.3) is 0 Å². The van der Waals surface area contributed by atoms with E-state index in [0.717, 1.165) is 49.5 Å². The molecule has 1 aliphatic heterocycles. The van der Waals surface area contributed by atoms with E-state index < -0.39 is 6.10 Å². The molecule has 1 fully saturated rings. The average Bonchev–Trinajstić information content (AvgIpc) is 2.58. The maximum atomic E-state index is 10.1. The van der Waals surface area contributed by atoms with E-state index in [4.69, 9.17) is 14.6 Å². The SMILES string of the molecule is OCC[NH+]1CC[NH+](C[C@H](O)COCCOc2ccc(Br)cc2)CC1. The minimum atomic E-state index is -0.438. The number of halogens is 1. The Morgan fingerprint density at radius 2 is 1.71 bits per heavy atom. The van der Waals surface area contributed by atoms with E-state index >= 15 is 0 Å². The second kappa shape index (κ2) is 11.0. The smallest absolute Gasteiger partial charge is 0.127 e. The van der Waals surface area contributed by atoms with Crippen LogP contribution in [0, 0.1) is 0 Å². The first-order valence-electron chi connectivity index (χ1n) is 8.59. The fourth-order valence-electron chi connectivity index (χ4n) is 2.93. The van der Waals surface area contributed by atoms with Crippen LogP contribution in [0.15, 0.2) is 28.7 Å². The highest BCUT2D eigenvalue weighted by Gasteiger charge is 2.24. The summed E-state index contributed by atoms with van der Waals surface area (Å²) < 4.78 is 12.1. The molecule has 2 rings (SSSR count). The van der Waals surface area contributed by atoms with Crippen LogP contribution in [-0.4, -0.2) is 82.0 Å². The van der Waals surface area contributed by atoms with Gasteiger partial charge >= 0.3 is 0 Å². The first-order valence-corrected chi connectivity index (χ1v) is 9.39.